The summed E-state index contributed by atoms with van der Waals surface area (Å²) >= 11 is 5.20. The lowest BCUT2D eigenvalue weighted by atomic mass is 10.2. The number of hydrogen-bond donors (Lipinski definition) is 2. The van der Waals surface area contributed by atoms with Gasteiger partial charge in [-0.3, -0.25) is 0 Å². The Bertz CT molecular complexity index is 854. The van der Waals surface area contributed by atoms with Gasteiger partial charge < -0.3 is 10.6 Å². The zero-order valence-electron chi connectivity index (χ0n) is 12.4. The third kappa shape index (κ3) is 5.06. The second kappa shape index (κ2) is 7.22. The van der Waals surface area contributed by atoms with E-state index in [0.717, 1.165) is 11.3 Å². The van der Waals surface area contributed by atoms with E-state index in [2.05, 4.69) is 16.7 Å². The lowest BCUT2D eigenvalue weighted by Crippen LogP contribution is -2.27. The molecule has 0 aromatic heterocycles. The van der Waals surface area contributed by atoms with Crippen LogP contribution in [0, 0.1) is 11.3 Å². The molecule has 0 aliphatic carbocycles. The average molecular weight is 345 g/mol. The van der Waals surface area contributed by atoms with Crippen molar-refractivity contribution in [3.63, 3.8) is 0 Å². The van der Waals surface area contributed by atoms with Crippen molar-refractivity contribution in [2.75, 3.05) is 11.6 Å². The highest BCUT2D eigenvalue weighted by Gasteiger charge is 2.06. The van der Waals surface area contributed by atoms with Gasteiger partial charge in [-0.15, -0.1) is 0 Å². The molecular formula is C16H15N3O2S2. The van der Waals surface area contributed by atoms with Gasteiger partial charge in [-0.05, 0) is 48.1 Å². The van der Waals surface area contributed by atoms with Gasteiger partial charge in [0.1, 0.15) is 0 Å². The summed E-state index contributed by atoms with van der Waals surface area (Å²) in [5.41, 5.74) is 2.19. The summed E-state index contributed by atoms with van der Waals surface area (Å²) in [5, 5.41) is 15.3. The van der Waals surface area contributed by atoms with Crippen molar-refractivity contribution in [2.45, 2.75) is 11.4 Å². The first-order valence-corrected chi connectivity index (χ1v) is 9.02. The Balaban J connectivity index is 1.93. The van der Waals surface area contributed by atoms with Crippen LogP contribution in [-0.4, -0.2) is 19.8 Å². The highest BCUT2D eigenvalue weighted by Crippen LogP contribution is 2.11. The lowest BCUT2D eigenvalue weighted by molar-refractivity contribution is 0.602. The van der Waals surface area contributed by atoms with Crippen LogP contribution in [0.1, 0.15) is 11.1 Å². The molecule has 118 valence electrons. The number of rotatable bonds is 4. The summed E-state index contributed by atoms with van der Waals surface area (Å²) in [4.78, 5) is 0.287. The predicted molar refractivity (Wildman–Crippen MR) is 93.8 cm³/mol. The van der Waals surface area contributed by atoms with Crippen LogP contribution < -0.4 is 10.6 Å². The van der Waals surface area contributed by atoms with E-state index in [9.17, 15) is 8.42 Å². The molecule has 2 aromatic carbocycles. The molecule has 2 N–H and O–H groups in total. The van der Waals surface area contributed by atoms with Crippen molar-refractivity contribution < 1.29 is 8.42 Å². The normalized spacial score (nSPS) is 10.6. The van der Waals surface area contributed by atoms with Crippen LogP contribution in [0.2, 0.25) is 0 Å². The van der Waals surface area contributed by atoms with Crippen LogP contribution in [-0.2, 0) is 16.4 Å². The summed E-state index contributed by atoms with van der Waals surface area (Å²) in [5.74, 6) is 0. The molecule has 5 nitrogen and oxygen atoms in total. The second-order valence-corrected chi connectivity index (χ2v) is 7.34. The third-order valence-electron chi connectivity index (χ3n) is 3.05. The highest BCUT2D eigenvalue weighted by molar-refractivity contribution is 7.90. The van der Waals surface area contributed by atoms with E-state index in [-0.39, 0.29) is 4.90 Å². The fraction of sp³-hybridized carbons (Fsp3) is 0.125. The number of thiocarbonyl (C=S) groups is 1. The van der Waals surface area contributed by atoms with Crippen LogP contribution in [0.4, 0.5) is 5.69 Å². The Hall–Kier alpha value is -2.43. The van der Waals surface area contributed by atoms with Gasteiger partial charge in [-0.25, -0.2) is 8.42 Å². The van der Waals surface area contributed by atoms with E-state index in [1.54, 1.807) is 42.5 Å². The van der Waals surface area contributed by atoms with Crippen molar-refractivity contribution >= 4 is 32.9 Å². The van der Waals surface area contributed by atoms with Crippen molar-refractivity contribution in [3.8, 4) is 6.07 Å². The van der Waals surface area contributed by atoms with Crippen molar-refractivity contribution in [1.82, 2.24) is 5.32 Å². The largest absolute Gasteiger partial charge is 0.358 e. The topological polar surface area (TPSA) is 82.0 Å². The number of nitrogens with zero attached hydrogens (tertiary/aromatic N) is 1. The molecule has 0 heterocycles. The Morgan fingerprint density at radius 3 is 2.52 bits per heavy atom. The SMILES string of the molecule is CS(=O)(=O)c1ccc(CNC(=S)Nc2cccc(C#N)c2)cc1. The molecule has 0 amide bonds. The van der Waals surface area contributed by atoms with Gasteiger partial charge in [0.2, 0.25) is 0 Å². The Morgan fingerprint density at radius 2 is 1.91 bits per heavy atom. The van der Waals surface area contributed by atoms with Gasteiger partial charge in [0, 0.05) is 18.5 Å². The maximum Gasteiger partial charge on any atom is 0.175 e. The lowest BCUT2D eigenvalue weighted by Gasteiger charge is -2.11. The average Bonchev–Trinajstić information content (AvgIpc) is 2.52. The van der Waals surface area contributed by atoms with Crippen LogP contribution in [0.5, 0.6) is 0 Å². The molecule has 0 fully saturated rings. The van der Waals surface area contributed by atoms with Crippen LogP contribution in [0.25, 0.3) is 0 Å². The first-order chi connectivity index (χ1) is 10.9. The first kappa shape index (κ1) is 16.9. The van der Waals surface area contributed by atoms with Gasteiger partial charge in [-0.1, -0.05) is 18.2 Å². The maximum absolute atomic E-state index is 11.4. The quantitative estimate of drug-likeness (QED) is 0.829. The Morgan fingerprint density at radius 1 is 1.22 bits per heavy atom. The standard InChI is InChI=1S/C16H15N3O2S2/c1-23(20,21)15-7-5-12(6-8-15)11-18-16(22)19-14-4-2-3-13(9-14)10-17/h2-9H,11H2,1H3,(H2,18,19,22). The van der Waals surface area contributed by atoms with Crippen molar-refractivity contribution in [1.29, 1.82) is 5.26 Å². The first-order valence-electron chi connectivity index (χ1n) is 6.72. The van der Waals surface area contributed by atoms with E-state index in [4.69, 9.17) is 17.5 Å². The smallest absolute Gasteiger partial charge is 0.175 e. The Labute approximate surface area is 140 Å². The number of anilines is 1. The summed E-state index contributed by atoms with van der Waals surface area (Å²) in [7, 11) is -3.18. The molecule has 23 heavy (non-hydrogen) atoms. The molecule has 0 saturated heterocycles. The predicted octanol–water partition coefficient (Wildman–Crippen LogP) is 2.45. The summed E-state index contributed by atoms with van der Waals surface area (Å²) in [6, 6.07) is 15.7. The molecule has 0 aliphatic heterocycles. The van der Waals surface area contributed by atoms with E-state index < -0.39 is 9.84 Å². The third-order valence-corrected chi connectivity index (χ3v) is 4.43. The molecule has 0 atom stereocenters. The van der Waals surface area contributed by atoms with Crippen LogP contribution in [0.15, 0.2) is 53.4 Å². The number of nitrogens with one attached hydrogen (secondary N) is 2. The summed E-state index contributed by atoms with van der Waals surface area (Å²) < 4.78 is 22.8. The number of benzene rings is 2. The van der Waals surface area contributed by atoms with E-state index in [1.165, 1.54) is 6.26 Å². The summed E-state index contributed by atoms with van der Waals surface area (Å²) in [6.45, 7) is 0.466. The monoisotopic (exact) mass is 345 g/mol. The molecule has 0 bridgehead atoms. The number of hydrogen-bond acceptors (Lipinski definition) is 4. The number of nitriles is 1. The minimum atomic E-state index is -3.18. The van der Waals surface area contributed by atoms with Crippen molar-refractivity contribution in [3.05, 3.63) is 59.7 Å². The molecular weight excluding hydrogens is 330 g/mol. The van der Waals surface area contributed by atoms with Gasteiger partial charge >= 0.3 is 0 Å². The van der Waals surface area contributed by atoms with Gasteiger partial charge in [0.25, 0.3) is 0 Å². The maximum atomic E-state index is 11.4. The van der Waals surface area contributed by atoms with E-state index in [1.807, 2.05) is 6.07 Å². The molecule has 0 spiro atoms. The van der Waals surface area contributed by atoms with Crippen LogP contribution >= 0.6 is 12.2 Å². The zero-order chi connectivity index (χ0) is 16.9. The van der Waals surface area contributed by atoms with E-state index >= 15 is 0 Å². The summed E-state index contributed by atoms with van der Waals surface area (Å²) in [6.07, 6.45) is 1.18. The molecule has 2 rings (SSSR count). The molecule has 0 radical (unpaired) electrons. The molecule has 7 heteroatoms. The Kier molecular flexibility index (Phi) is 5.32. The number of sulfone groups is 1. The van der Waals surface area contributed by atoms with Crippen molar-refractivity contribution in [2.24, 2.45) is 0 Å². The van der Waals surface area contributed by atoms with Gasteiger partial charge in [0.05, 0.1) is 16.5 Å². The van der Waals surface area contributed by atoms with Gasteiger partial charge in [-0.2, -0.15) is 5.26 Å². The second-order valence-electron chi connectivity index (χ2n) is 4.92. The fourth-order valence-corrected chi connectivity index (χ4v) is 2.70. The van der Waals surface area contributed by atoms with Gasteiger partial charge in [0.15, 0.2) is 14.9 Å². The molecule has 2 aromatic rings. The molecule has 0 unspecified atom stereocenters. The van der Waals surface area contributed by atoms with E-state index in [0.29, 0.717) is 17.2 Å². The highest BCUT2D eigenvalue weighted by atomic mass is 32.2. The minimum Gasteiger partial charge on any atom is -0.358 e. The molecule has 0 saturated carbocycles. The van der Waals surface area contributed by atoms with Crippen LogP contribution in [0.3, 0.4) is 0 Å². The fourth-order valence-electron chi connectivity index (χ4n) is 1.88. The zero-order valence-corrected chi connectivity index (χ0v) is 14.0. The minimum absolute atomic E-state index is 0.287. The molecule has 0 aliphatic rings.